The summed E-state index contributed by atoms with van der Waals surface area (Å²) in [6.07, 6.45) is 11.2. The van der Waals surface area contributed by atoms with Crippen molar-refractivity contribution in [2.24, 2.45) is 22.7 Å². The minimum atomic E-state index is -1.19. The Morgan fingerprint density at radius 1 is 1.11 bits per heavy atom. The van der Waals surface area contributed by atoms with Crippen LogP contribution in [0.5, 0.6) is 0 Å². The minimum Gasteiger partial charge on any atom is -0.444 e. The highest BCUT2D eigenvalue weighted by Crippen LogP contribution is 2.27. The molecule has 2 rings (SSSR count). The minimum absolute atomic E-state index is 0.247. The molecule has 5 amide bonds. The highest BCUT2D eigenvalue weighted by molar-refractivity contribution is 8.00. The average molecular weight is 780 g/mol. The Bertz CT molecular complexity index is 1390. The molecule has 0 radical (unpaired) electrons. The van der Waals surface area contributed by atoms with Crippen molar-refractivity contribution in [1.29, 1.82) is 5.53 Å². The van der Waals surface area contributed by atoms with E-state index in [1.807, 2.05) is 33.5 Å². The number of rotatable bonds is 16. The molecule has 53 heavy (non-hydrogen) atoms. The monoisotopic (exact) mass is 779 g/mol. The molecule has 2 aliphatic rings. The van der Waals surface area contributed by atoms with Gasteiger partial charge in [-0.25, -0.2) is 9.59 Å². The van der Waals surface area contributed by atoms with Crippen LogP contribution >= 0.6 is 19.3 Å². The number of thioether (sulfide) groups is 1. The van der Waals surface area contributed by atoms with E-state index in [0.29, 0.717) is 72.9 Å². The summed E-state index contributed by atoms with van der Waals surface area (Å²) in [6, 6.07) is -3.33. The number of alkyl carbamates (subject to hydrolysis) is 1. The molecule has 1 fully saturated rings. The third kappa shape index (κ3) is 15.6. The first-order valence-electron chi connectivity index (χ1n) is 19.0. The number of nitrogens with one attached hydrogen (secondary N) is 4. The van der Waals surface area contributed by atoms with E-state index in [0.717, 1.165) is 6.42 Å². The van der Waals surface area contributed by atoms with Gasteiger partial charge in [0.05, 0.1) is 38.2 Å². The van der Waals surface area contributed by atoms with Gasteiger partial charge in [-0.1, -0.05) is 65.6 Å². The Morgan fingerprint density at radius 3 is 2.38 bits per heavy atom. The molecule has 4 N–H and O–H groups in total. The summed E-state index contributed by atoms with van der Waals surface area (Å²) in [7, 11) is -0.753. The molecule has 15 heteroatoms. The van der Waals surface area contributed by atoms with E-state index >= 15 is 0 Å². The first kappa shape index (κ1) is 46.0. The summed E-state index contributed by atoms with van der Waals surface area (Å²) in [5.41, 5.74) is 8.27. The Hall–Kier alpha value is -3.12. The third-order valence-electron chi connectivity index (χ3n) is 8.89. The summed E-state index contributed by atoms with van der Waals surface area (Å²) in [5, 5.41) is 9.05. The number of ether oxygens (including phenoxy) is 1. The van der Waals surface area contributed by atoms with Crippen molar-refractivity contribution in [2.75, 3.05) is 31.7 Å². The lowest BCUT2D eigenvalue weighted by atomic mass is 10.00. The van der Waals surface area contributed by atoms with Crippen molar-refractivity contribution >= 4 is 61.2 Å². The summed E-state index contributed by atoms with van der Waals surface area (Å²) in [4.78, 5) is 74.0. The fourth-order valence-electron chi connectivity index (χ4n) is 6.34. The smallest absolute Gasteiger partial charge is 0.434 e. The van der Waals surface area contributed by atoms with Gasteiger partial charge in [0.15, 0.2) is 6.04 Å². The Kier molecular flexibility index (Phi) is 18.8. The van der Waals surface area contributed by atoms with Gasteiger partial charge in [-0.15, -0.1) is 0 Å². The molecule has 0 aromatic carbocycles. The quantitative estimate of drug-likeness (QED) is 0.0688. The number of hydrogen-bond acceptors (Lipinski definition) is 9. The van der Waals surface area contributed by atoms with E-state index in [1.54, 1.807) is 52.5 Å². The normalized spacial score (nSPS) is 20.6. The van der Waals surface area contributed by atoms with Crippen LogP contribution < -0.4 is 16.0 Å². The second-order valence-corrected chi connectivity index (χ2v) is 19.6. The highest BCUT2D eigenvalue weighted by atomic mass is 32.2. The lowest BCUT2D eigenvalue weighted by Crippen LogP contribution is -2.56. The van der Waals surface area contributed by atoms with Crippen LogP contribution in [0.4, 0.5) is 4.79 Å². The van der Waals surface area contributed by atoms with Crippen LogP contribution in [-0.2, 0) is 23.9 Å². The molecule has 1 saturated heterocycles. The lowest BCUT2D eigenvalue weighted by Gasteiger charge is -2.26. The number of nitrogens with zero attached hydrogens (tertiary/aromatic N) is 3. The van der Waals surface area contributed by atoms with Gasteiger partial charge < -0.3 is 25.6 Å². The van der Waals surface area contributed by atoms with Crippen molar-refractivity contribution in [3.05, 3.63) is 12.2 Å². The number of aliphatic imine (C=N–C) groups is 1. The first-order valence-corrected chi connectivity index (χ1v) is 22.2. The SMILES string of the molecule is C=[P+](C)CC(C=CC(CC(C)C)NC(=O)OC(C)(C)C)C(=O)N1CCCC1C(=O)[N+](=N)C(C(=O)NC(CCC)C(=O)NC1=NCCC(C)SC1)C(C)C. The van der Waals surface area contributed by atoms with Crippen LogP contribution in [0.2, 0.25) is 0 Å². The Labute approximate surface area is 322 Å². The van der Waals surface area contributed by atoms with Crippen molar-refractivity contribution in [1.82, 2.24) is 20.9 Å². The van der Waals surface area contributed by atoms with Crippen molar-refractivity contribution in [3.8, 4) is 0 Å². The zero-order valence-electron chi connectivity index (χ0n) is 33.7. The molecule has 0 bridgehead atoms. The molecular formula is C38H66N7O6PS+2. The van der Waals surface area contributed by atoms with Crippen LogP contribution in [0, 0.1) is 23.3 Å². The van der Waals surface area contributed by atoms with Crippen molar-refractivity contribution in [2.45, 2.75) is 136 Å². The maximum Gasteiger partial charge on any atom is 0.434 e. The predicted octanol–water partition coefficient (Wildman–Crippen LogP) is 5.55. The molecule has 0 saturated carbocycles. The molecule has 0 aromatic heterocycles. The zero-order valence-corrected chi connectivity index (χ0v) is 35.4. The molecule has 7 atom stereocenters. The van der Waals surface area contributed by atoms with E-state index in [1.165, 1.54) is 4.90 Å². The second-order valence-electron chi connectivity index (χ2n) is 16.1. The molecule has 0 aromatic rings. The topological polar surface area (TPSA) is 173 Å². The number of hydrogen-bond donors (Lipinski definition) is 4. The van der Waals surface area contributed by atoms with E-state index in [2.05, 4.69) is 34.2 Å². The molecule has 2 heterocycles. The first-order chi connectivity index (χ1) is 24.7. The van der Waals surface area contributed by atoms with Crippen molar-refractivity contribution < 1.29 is 33.4 Å². The van der Waals surface area contributed by atoms with Crippen LogP contribution in [0.1, 0.15) is 101 Å². The van der Waals surface area contributed by atoms with Crippen LogP contribution in [-0.4, -0.2) is 118 Å². The maximum atomic E-state index is 14.2. The average Bonchev–Trinajstić information content (AvgIpc) is 3.43. The molecule has 0 spiro atoms. The van der Waals surface area contributed by atoms with Gasteiger partial charge in [0.25, 0.3) is 11.9 Å². The summed E-state index contributed by atoms with van der Waals surface area (Å²) < 4.78 is 6.17. The standard InChI is InChI=1S/C38H64N7O6PS/c1-12-14-29(33(46)43-31-23-53-26(6)18-19-40-31)42-34(47)32(25(4)5)45(39)36(49)30-15-13-20-44(30)35(48)27(22-52(10)11)16-17-28(21-24(2)3)41-37(50)51-38(7,8)9/h16-17,24-30,32,39H,10,12-15,18-23H2,1-9,11H3,(H-2,40,41,42,43,46,47,50)/p+2. The molecule has 298 valence electrons. The largest absolute Gasteiger partial charge is 0.444 e. The van der Waals surface area contributed by atoms with Gasteiger partial charge in [0.2, 0.25) is 11.8 Å². The number of likely N-dealkylation sites (tertiary alicyclic amines) is 1. The Balaban J connectivity index is 2.26. The predicted molar refractivity (Wildman–Crippen MR) is 215 cm³/mol. The molecular weight excluding hydrogens is 714 g/mol. The highest BCUT2D eigenvalue weighted by Gasteiger charge is 2.48. The third-order valence-corrected chi connectivity index (χ3v) is 11.1. The van der Waals surface area contributed by atoms with Crippen LogP contribution in [0.3, 0.4) is 0 Å². The van der Waals surface area contributed by atoms with Gasteiger partial charge in [0.1, 0.15) is 23.6 Å². The summed E-state index contributed by atoms with van der Waals surface area (Å²) in [6.45, 7) is 20.0. The number of carbonyl (C=O) groups is 5. The Morgan fingerprint density at radius 2 is 1.79 bits per heavy atom. The van der Waals surface area contributed by atoms with E-state index in [9.17, 15) is 24.0 Å². The van der Waals surface area contributed by atoms with Gasteiger partial charge in [-0.3, -0.25) is 19.4 Å². The molecule has 13 nitrogen and oxygen atoms in total. The van der Waals surface area contributed by atoms with Crippen LogP contribution in [0.15, 0.2) is 17.1 Å². The van der Waals surface area contributed by atoms with Gasteiger partial charge >= 0.3 is 12.0 Å². The summed E-state index contributed by atoms with van der Waals surface area (Å²) in [5.74, 6) is -1.48. The molecule has 0 aliphatic carbocycles. The fraction of sp³-hybridized carbons (Fsp3) is 0.763. The molecule has 2 aliphatic heterocycles. The lowest BCUT2D eigenvalue weighted by molar-refractivity contribution is -0.567. The van der Waals surface area contributed by atoms with E-state index < -0.39 is 61.0 Å². The van der Waals surface area contributed by atoms with Crippen molar-refractivity contribution in [3.63, 3.8) is 0 Å². The van der Waals surface area contributed by atoms with E-state index in [-0.39, 0.29) is 23.8 Å². The second kappa shape index (κ2) is 21.7. The van der Waals surface area contributed by atoms with E-state index in [4.69, 9.17) is 10.3 Å². The van der Waals surface area contributed by atoms with Gasteiger partial charge in [-0.2, -0.15) is 11.8 Å². The van der Waals surface area contributed by atoms with Crippen LogP contribution in [0.25, 0.3) is 0 Å². The number of amides is 5. The van der Waals surface area contributed by atoms with Gasteiger partial charge in [0, 0.05) is 24.3 Å². The zero-order chi connectivity index (χ0) is 40.0. The number of amidine groups is 1. The number of carbonyl (C=O) groups excluding carboxylic acids is 5. The molecule has 7 unspecified atom stereocenters. The maximum absolute atomic E-state index is 14.2. The fourth-order valence-corrected chi connectivity index (χ4v) is 8.17. The van der Waals surface area contributed by atoms with Gasteiger partial charge in [-0.05, 0) is 63.5 Å². The summed E-state index contributed by atoms with van der Waals surface area (Å²) >= 11 is 1.72.